The van der Waals surface area contributed by atoms with Crippen LogP contribution in [0.4, 0.5) is 0 Å². The molecule has 0 aliphatic heterocycles. The minimum atomic E-state index is -0.336. The average Bonchev–Trinajstić information content (AvgIpc) is 2.69. The smallest absolute Gasteiger partial charge is 0.578 e. The summed E-state index contributed by atoms with van der Waals surface area (Å²) in [5.74, 6) is 0.345. The van der Waals surface area contributed by atoms with Gasteiger partial charge in [0.15, 0.2) is 0 Å². The Balaban J connectivity index is 0.00000363. The molecule has 0 saturated carbocycles. The van der Waals surface area contributed by atoms with Crippen molar-refractivity contribution in [3.63, 3.8) is 0 Å². The molecule has 3 aromatic carbocycles. The van der Waals surface area contributed by atoms with Gasteiger partial charge in [-0.15, -0.1) is 0 Å². The van der Waals surface area contributed by atoms with Crippen molar-refractivity contribution in [3.05, 3.63) is 107 Å². The number of hydrogen-bond acceptors (Lipinski definition) is 2. The second kappa shape index (κ2) is 10.0. The van der Waals surface area contributed by atoms with Crippen LogP contribution >= 0.6 is 0 Å². The van der Waals surface area contributed by atoms with Crippen molar-refractivity contribution in [1.82, 2.24) is 0 Å². The fourth-order valence-corrected chi connectivity index (χ4v) is 3.75. The molecule has 3 heteroatoms. The molecule has 2 nitrogen and oxygen atoms in total. The summed E-state index contributed by atoms with van der Waals surface area (Å²) in [4.78, 5) is 0. The van der Waals surface area contributed by atoms with Crippen LogP contribution in [-0.4, -0.2) is 0 Å². The van der Waals surface area contributed by atoms with Gasteiger partial charge in [0.25, 0.3) is 0 Å². The normalized spacial score (nSPS) is 11.5. The van der Waals surface area contributed by atoms with Crippen molar-refractivity contribution in [2.45, 2.75) is 59.3 Å². The van der Waals surface area contributed by atoms with Gasteiger partial charge in [-0.3, -0.25) is 0 Å². The fourth-order valence-electron chi connectivity index (χ4n) is 3.75. The van der Waals surface area contributed by atoms with Crippen molar-refractivity contribution < 1.29 is 28.7 Å². The van der Waals surface area contributed by atoms with Crippen LogP contribution in [0.25, 0.3) is 5.57 Å². The third-order valence-corrected chi connectivity index (χ3v) is 5.37. The Labute approximate surface area is 205 Å². The minimum absolute atomic E-state index is 0. The van der Waals surface area contributed by atoms with Crippen LogP contribution < -0.4 is 28.7 Å². The van der Waals surface area contributed by atoms with E-state index in [1.54, 1.807) is 0 Å². The number of hydrogen-bond donors (Lipinski definition) is 0. The molecule has 0 unspecified atom stereocenters. The molecular weight excluding hydrogens is 387 g/mol. The first-order valence-corrected chi connectivity index (χ1v) is 10.8. The third kappa shape index (κ3) is 5.88. The van der Waals surface area contributed by atoms with Crippen molar-refractivity contribution in [1.29, 1.82) is 0 Å². The van der Waals surface area contributed by atoms with Gasteiger partial charge in [0.05, 0.1) is 5.95 Å². The molecule has 3 rings (SSSR count). The summed E-state index contributed by atoms with van der Waals surface area (Å²) in [6, 6.07) is 23.8. The molecule has 0 heterocycles. The molecule has 0 aromatic heterocycles. The maximum absolute atomic E-state index is 13.7. The molecule has 0 spiro atoms. The van der Waals surface area contributed by atoms with Crippen LogP contribution in [0, 0.1) is 6.92 Å². The molecule has 0 N–H and O–H groups in total. The monoisotopic (exact) mass is 420 g/mol. The Morgan fingerprint density at radius 3 is 1.41 bits per heavy atom. The van der Waals surface area contributed by atoms with E-state index in [9.17, 15) is 5.11 Å². The molecule has 0 atom stereocenters. The quantitative estimate of drug-likeness (QED) is 0.476. The largest absolute Gasteiger partial charge is 1.00 e. The molecule has 0 fully saturated rings. The van der Waals surface area contributed by atoms with E-state index in [0.717, 1.165) is 22.3 Å². The van der Waals surface area contributed by atoms with Gasteiger partial charge in [-0.25, -0.2) is 0 Å². The zero-order valence-corrected chi connectivity index (χ0v) is 20.7. The van der Waals surface area contributed by atoms with Gasteiger partial charge in [-0.05, 0) is 40.0 Å². The van der Waals surface area contributed by atoms with Gasteiger partial charge in [-0.2, -0.15) is 0 Å². The van der Waals surface area contributed by atoms with E-state index in [2.05, 4.69) is 60.6 Å². The van der Waals surface area contributed by atoms with Crippen LogP contribution in [-0.2, 0) is 10.8 Å². The summed E-state index contributed by atoms with van der Waals surface area (Å²) in [5.41, 5.74) is 5.20. The maximum atomic E-state index is 13.7. The minimum Gasteiger partial charge on any atom is -0.578 e. The average molecular weight is 421 g/mol. The van der Waals surface area contributed by atoms with E-state index in [1.807, 2.05) is 60.7 Å². The molecule has 3 aromatic rings. The SMILES string of the molecule is Cc1cc(C(C)(C)C)c(OC([O-])=C(c2ccccc2)c2ccccc2)c(C(C)(C)C)c1.[Li+]. The molecular formula is C29H33LiO2. The summed E-state index contributed by atoms with van der Waals surface area (Å²) in [7, 11) is 0. The van der Waals surface area contributed by atoms with Gasteiger partial charge in [0, 0.05) is 11.3 Å². The van der Waals surface area contributed by atoms with E-state index in [-0.39, 0.29) is 35.6 Å². The van der Waals surface area contributed by atoms with Gasteiger partial charge in [0.2, 0.25) is 0 Å². The number of benzene rings is 3. The number of rotatable bonds is 4. The number of aryl methyl sites for hydroxylation is 1. The van der Waals surface area contributed by atoms with Crippen molar-refractivity contribution >= 4 is 5.57 Å². The fraction of sp³-hybridized carbons (Fsp3) is 0.310. The maximum Gasteiger partial charge on any atom is 1.00 e. The molecule has 0 bridgehead atoms. The Morgan fingerprint density at radius 1 is 0.688 bits per heavy atom. The summed E-state index contributed by atoms with van der Waals surface area (Å²) in [5, 5.41) is 13.7. The van der Waals surface area contributed by atoms with Crippen molar-refractivity contribution in [2.24, 2.45) is 0 Å². The van der Waals surface area contributed by atoms with Gasteiger partial charge >= 0.3 is 18.9 Å². The van der Waals surface area contributed by atoms with E-state index in [1.165, 1.54) is 5.56 Å². The molecule has 0 aliphatic carbocycles. The van der Waals surface area contributed by atoms with Crippen LogP contribution in [0.5, 0.6) is 5.75 Å². The van der Waals surface area contributed by atoms with Crippen LogP contribution in [0.2, 0.25) is 0 Å². The summed E-state index contributed by atoms with van der Waals surface area (Å²) in [6.45, 7) is 15.0. The van der Waals surface area contributed by atoms with Crippen LogP contribution in [0.3, 0.4) is 0 Å². The molecule has 32 heavy (non-hydrogen) atoms. The molecule has 0 amide bonds. The molecule has 162 valence electrons. The topological polar surface area (TPSA) is 32.3 Å². The Bertz CT molecular complexity index is 993. The van der Waals surface area contributed by atoms with Gasteiger partial charge in [0.1, 0.15) is 0 Å². The van der Waals surface area contributed by atoms with E-state index < -0.39 is 0 Å². The standard InChI is InChI=1S/C29H34O2.Li/c1-20-18-23(28(2,3)4)26(24(19-20)29(5,6)7)31-27(30)25(21-14-10-8-11-15-21)22-16-12-9-13-17-22;/h8-19,30H,1-7H3;/q;+1/p-1. The predicted molar refractivity (Wildman–Crippen MR) is 128 cm³/mol. The summed E-state index contributed by atoms with van der Waals surface area (Å²) >= 11 is 0. The van der Waals surface area contributed by atoms with Crippen LogP contribution in [0.1, 0.15) is 69.4 Å². The Hall–Kier alpha value is -2.40. The summed E-state index contributed by atoms with van der Waals surface area (Å²) in [6.07, 6.45) is 0. The van der Waals surface area contributed by atoms with E-state index in [4.69, 9.17) is 4.74 Å². The van der Waals surface area contributed by atoms with Gasteiger partial charge in [-0.1, -0.05) is 120 Å². The first-order chi connectivity index (χ1) is 14.5. The first-order valence-electron chi connectivity index (χ1n) is 10.8. The zero-order chi connectivity index (χ0) is 22.8. The molecule has 0 radical (unpaired) electrons. The zero-order valence-electron chi connectivity index (χ0n) is 20.7. The van der Waals surface area contributed by atoms with Crippen LogP contribution in [0.15, 0.2) is 78.7 Å². The molecule has 0 saturated heterocycles. The van der Waals surface area contributed by atoms with E-state index in [0.29, 0.717) is 11.3 Å². The summed E-state index contributed by atoms with van der Waals surface area (Å²) < 4.78 is 6.28. The van der Waals surface area contributed by atoms with E-state index >= 15 is 0 Å². The Kier molecular flexibility index (Phi) is 8.10. The van der Waals surface area contributed by atoms with Crippen molar-refractivity contribution in [3.8, 4) is 5.75 Å². The Morgan fingerprint density at radius 2 is 1.06 bits per heavy atom. The predicted octanol–water partition coefficient (Wildman–Crippen LogP) is 3.75. The van der Waals surface area contributed by atoms with Gasteiger partial charge < -0.3 is 9.84 Å². The first kappa shape index (κ1) is 25.9. The van der Waals surface area contributed by atoms with Crippen molar-refractivity contribution in [2.75, 3.05) is 0 Å². The molecule has 0 aliphatic rings. The number of ether oxygens (including phenoxy) is 1. The second-order valence-electron chi connectivity index (χ2n) is 10.2. The third-order valence-electron chi connectivity index (χ3n) is 5.37. The second-order valence-corrected chi connectivity index (χ2v) is 10.2.